The molecule has 0 aliphatic carbocycles. The van der Waals surface area contributed by atoms with Crippen LogP contribution in [0.5, 0.6) is 0 Å². The van der Waals surface area contributed by atoms with Crippen molar-refractivity contribution in [2.45, 2.75) is 51.7 Å². The van der Waals surface area contributed by atoms with Crippen LogP contribution in [-0.2, 0) is 15.7 Å². The van der Waals surface area contributed by atoms with Gasteiger partial charge in [-0.25, -0.2) is 8.78 Å². The fourth-order valence-corrected chi connectivity index (χ4v) is 2.14. The molecule has 1 aliphatic heterocycles. The molecule has 0 saturated carbocycles. The van der Waals surface area contributed by atoms with E-state index in [1.807, 2.05) is 27.7 Å². The zero-order valence-electron chi connectivity index (χ0n) is 11.9. The molecule has 2 heterocycles. The van der Waals surface area contributed by atoms with Gasteiger partial charge in [-0.1, -0.05) is 11.6 Å². The largest absolute Gasteiger partial charge is 0.496 e. The first kappa shape index (κ1) is 15.7. The Morgan fingerprint density at radius 1 is 1.25 bits per heavy atom. The molecule has 110 valence electrons. The predicted molar refractivity (Wildman–Crippen MR) is 74.7 cm³/mol. The monoisotopic (exact) mass is 303 g/mol. The van der Waals surface area contributed by atoms with Gasteiger partial charge in [-0.15, -0.1) is 0 Å². The Bertz CT molecular complexity index is 495. The topological polar surface area (TPSA) is 31.4 Å². The summed E-state index contributed by atoms with van der Waals surface area (Å²) >= 11 is 5.91. The molecule has 1 aliphatic rings. The van der Waals surface area contributed by atoms with Crippen LogP contribution in [0.1, 0.15) is 33.4 Å². The van der Waals surface area contributed by atoms with Gasteiger partial charge in [0.05, 0.1) is 22.6 Å². The molecule has 0 radical (unpaired) electrons. The van der Waals surface area contributed by atoms with Crippen molar-refractivity contribution < 1.29 is 18.1 Å². The normalized spacial score (nSPS) is 20.7. The van der Waals surface area contributed by atoms with E-state index in [-0.39, 0.29) is 5.69 Å². The van der Waals surface area contributed by atoms with Crippen molar-refractivity contribution in [2.24, 2.45) is 0 Å². The van der Waals surface area contributed by atoms with Crippen LogP contribution in [0, 0.1) is 0 Å². The highest BCUT2D eigenvalue weighted by Gasteiger charge is 2.52. The highest BCUT2D eigenvalue weighted by atomic mass is 35.5. The van der Waals surface area contributed by atoms with Gasteiger partial charge in [0.15, 0.2) is 0 Å². The number of nitrogens with zero attached hydrogens (tertiary/aromatic N) is 1. The lowest BCUT2D eigenvalue weighted by Crippen LogP contribution is -2.41. The number of rotatable bonds is 3. The van der Waals surface area contributed by atoms with E-state index in [1.165, 1.54) is 6.20 Å². The Hall–Kier alpha value is -0.715. The Morgan fingerprint density at radius 3 is 2.30 bits per heavy atom. The first-order valence-corrected chi connectivity index (χ1v) is 6.78. The molecule has 7 heteroatoms. The van der Waals surface area contributed by atoms with Gasteiger partial charge >= 0.3 is 7.12 Å². The molecule has 1 saturated heterocycles. The molecule has 3 nitrogen and oxygen atoms in total. The standard InChI is InChI=1S/C13H17BClF2NO2/c1-12(2)13(3,4)20-14(19-12)9-5-8(15)7-18-10(9)6-11(16)17/h5,7,11H,6H2,1-4H3. The van der Waals surface area contributed by atoms with Crippen LogP contribution >= 0.6 is 11.6 Å². The molecule has 1 fully saturated rings. The molecule has 0 unspecified atom stereocenters. The van der Waals surface area contributed by atoms with Crippen molar-refractivity contribution in [1.82, 2.24) is 4.98 Å². The third kappa shape index (κ3) is 2.97. The zero-order chi connectivity index (χ0) is 15.1. The van der Waals surface area contributed by atoms with E-state index in [0.717, 1.165) is 0 Å². The fourth-order valence-electron chi connectivity index (χ4n) is 1.97. The Labute approximate surface area is 122 Å². The van der Waals surface area contributed by atoms with Gasteiger partial charge in [0.2, 0.25) is 6.43 Å². The van der Waals surface area contributed by atoms with Crippen LogP contribution in [0.15, 0.2) is 12.3 Å². The van der Waals surface area contributed by atoms with Crippen molar-refractivity contribution in [3.05, 3.63) is 23.0 Å². The van der Waals surface area contributed by atoms with E-state index in [4.69, 9.17) is 20.9 Å². The predicted octanol–water partition coefficient (Wildman–Crippen LogP) is 2.84. The van der Waals surface area contributed by atoms with Gasteiger partial charge in [-0.3, -0.25) is 4.98 Å². The maximum Gasteiger partial charge on any atom is 0.496 e. The molecule has 1 aromatic rings. The number of aromatic nitrogens is 1. The Morgan fingerprint density at radius 2 is 1.80 bits per heavy atom. The van der Waals surface area contributed by atoms with E-state index in [9.17, 15) is 8.78 Å². The van der Waals surface area contributed by atoms with Crippen LogP contribution in [0.25, 0.3) is 0 Å². The summed E-state index contributed by atoms with van der Waals surface area (Å²) < 4.78 is 37.0. The highest BCUT2D eigenvalue weighted by Crippen LogP contribution is 2.36. The quantitative estimate of drug-likeness (QED) is 0.805. The zero-order valence-corrected chi connectivity index (χ0v) is 12.7. The SMILES string of the molecule is CC1(C)OB(c2cc(Cl)cnc2CC(F)F)OC1(C)C. The molecular formula is C13H17BClF2NO2. The first-order valence-electron chi connectivity index (χ1n) is 6.40. The van der Waals surface area contributed by atoms with Crippen LogP contribution in [-0.4, -0.2) is 29.7 Å². The lowest BCUT2D eigenvalue weighted by molar-refractivity contribution is 0.00578. The number of hydrogen-bond acceptors (Lipinski definition) is 3. The van der Waals surface area contributed by atoms with Crippen molar-refractivity contribution in [3.8, 4) is 0 Å². The van der Waals surface area contributed by atoms with Crippen LogP contribution in [0.2, 0.25) is 5.02 Å². The van der Waals surface area contributed by atoms with Gasteiger partial charge in [0.25, 0.3) is 0 Å². The molecule has 2 rings (SSSR count). The van der Waals surface area contributed by atoms with Crippen LogP contribution in [0.4, 0.5) is 8.78 Å². The molecule has 0 aromatic carbocycles. The van der Waals surface area contributed by atoms with Gasteiger partial charge in [-0.2, -0.15) is 0 Å². The lowest BCUT2D eigenvalue weighted by Gasteiger charge is -2.32. The second kappa shape index (κ2) is 5.24. The van der Waals surface area contributed by atoms with Crippen molar-refractivity contribution in [1.29, 1.82) is 0 Å². The third-order valence-corrected chi connectivity index (χ3v) is 4.03. The lowest BCUT2D eigenvalue weighted by atomic mass is 9.77. The summed E-state index contributed by atoms with van der Waals surface area (Å²) in [6.07, 6.45) is -1.57. The second-order valence-electron chi connectivity index (χ2n) is 5.87. The smallest absolute Gasteiger partial charge is 0.399 e. The van der Waals surface area contributed by atoms with Crippen molar-refractivity contribution >= 4 is 24.2 Å². The molecule has 0 spiro atoms. The summed E-state index contributed by atoms with van der Waals surface area (Å²) in [4.78, 5) is 3.99. The average molecular weight is 304 g/mol. The summed E-state index contributed by atoms with van der Waals surface area (Å²) in [5.41, 5.74) is -0.358. The molecule has 1 aromatic heterocycles. The van der Waals surface area contributed by atoms with Gasteiger partial charge in [0, 0.05) is 17.4 Å². The molecule has 0 N–H and O–H groups in total. The van der Waals surface area contributed by atoms with E-state index >= 15 is 0 Å². The van der Waals surface area contributed by atoms with E-state index in [0.29, 0.717) is 10.5 Å². The van der Waals surface area contributed by atoms with Crippen molar-refractivity contribution in [3.63, 3.8) is 0 Å². The van der Waals surface area contributed by atoms with Gasteiger partial charge in [-0.05, 0) is 33.8 Å². The summed E-state index contributed by atoms with van der Waals surface area (Å²) in [6, 6.07) is 1.58. The first-order chi connectivity index (χ1) is 9.12. The Balaban J connectivity index is 2.36. The van der Waals surface area contributed by atoms with E-state index < -0.39 is 31.2 Å². The third-order valence-electron chi connectivity index (χ3n) is 3.83. The van der Waals surface area contributed by atoms with Gasteiger partial charge < -0.3 is 9.31 Å². The molecule has 0 atom stereocenters. The minimum absolute atomic E-state index is 0.253. The Kier molecular flexibility index (Phi) is 4.11. The maximum atomic E-state index is 12.6. The van der Waals surface area contributed by atoms with Crippen molar-refractivity contribution in [2.75, 3.05) is 0 Å². The van der Waals surface area contributed by atoms with Gasteiger partial charge in [0.1, 0.15) is 0 Å². The summed E-state index contributed by atoms with van der Waals surface area (Å²) in [5.74, 6) is 0. The number of alkyl halides is 2. The number of pyridine rings is 1. The van der Waals surface area contributed by atoms with E-state index in [2.05, 4.69) is 4.98 Å². The molecule has 0 bridgehead atoms. The summed E-state index contributed by atoms with van der Waals surface area (Å²) in [6.45, 7) is 7.60. The summed E-state index contributed by atoms with van der Waals surface area (Å²) in [5, 5.41) is 0.368. The summed E-state index contributed by atoms with van der Waals surface area (Å²) in [7, 11) is -0.736. The average Bonchev–Trinajstić information content (AvgIpc) is 2.50. The molecule has 0 amide bonds. The molecule has 20 heavy (non-hydrogen) atoms. The molecular weight excluding hydrogens is 286 g/mol. The minimum atomic E-state index is -2.48. The van der Waals surface area contributed by atoms with Crippen LogP contribution < -0.4 is 5.46 Å². The second-order valence-corrected chi connectivity index (χ2v) is 6.31. The number of halogens is 3. The fraction of sp³-hybridized carbons (Fsp3) is 0.615. The van der Waals surface area contributed by atoms with E-state index in [1.54, 1.807) is 6.07 Å². The highest BCUT2D eigenvalue weighted by molar-refractivity contribution is 6.62. The number of hydrogen-bond donors (Lipinski definition) is 0. The minimum Gasteiger partial charge on any atom is -0.399 e. The maximum absolute atomic E-state index is 12.6. The van der Waals surface area contributed by atoms with Crippen LogP contribution in [0.3, 0.4) is 0 Å².